The quantitative estimate of drug-likeness (QED) is 0.449. The van der Waals surface area contributed by atoms with Crippen molar-refractivity contribution < 1.29 is 19.1 Å². The fraction of sp³-hybridized carbons (Fsp3) is 0.450. The topological polar surface area (TPSA) is 66.9 Å². The maximum atomic E-state index is 12.8. The van der Waals surface area contributed by atoms with Crippen LogP contribution in [-0.4, -0.2) is 59.4 Å². The maximum Gasteiger partial charge on any atom is 0.410 e. The second-order valence-corrected chi connectivity index (χ2v) is 7.80. The lowest BCUT2D eigenvalue weighted by atomic mass is 10.1. The molecule has 0 saturated carbocycles. The van der Waals surface area contributed by atoms with E-state index in [1.807, 2.05) is 20.8 Å². The molecule has 2 amide bonds. The molecule has 1 fully saturated rings. The molecular weight excluding hydrogens is 368 g/mol. The second kappa shape index (κ2) is 8.57. The molecule has 1 saturated heterocycles. The fourth-order valence-corrected chi connectivity index (χ4v) is 2.84. The molecule has 0 unspecified atom stereocenters. The molecule has 1 aliphatic heterocycles. The number of piperazine rings is 1. The van der Waals surface area contributed by atoms with Crippen molar-refractivity contribution in [1.29, 1.82) is 0 Å². The molecule has 0 aromatic heterocycles. The van der Waals surface area contributed by atoms with Crippen LogP contribution >= 0.6 is 11.6 Å². The van der Waals surface area contributed by atoms with Crippen LogP contribution in [-0.2, 0) is 14.3 Å². The van der Waals surface area contributed by atoms with E-state index in [-0.39, 0.29) is 17.3 Å². The smallest absolute Gasteiger partial charge is 0.410 e. The molecule has 2 rings (SSSR count). The Morgan fingerprint density at radius 1 is 1.04 bits per heavy atom. The monoisotopic (exact) mass is 392 g/mol. The van der Waals surface area contributed by atoms with E-state index in [1.54, 1.807) is 34.1 Å². The van der Waals surface area contributed by atoms with Crippen LogP contribution in [0, 0.1) is 0 Å². The maximum absolute atomic E-state index is 12.8. The molecule has 146 valence electrons. The summed E-state index contributed by atoms with van der Waals surface area (Å²) in [5.41, 5.74) is 0.128. The highest BCUT2D eigenvalue weighted by Gasteiger charge is 2.29. The largest absolute Gasteiger partial charge is 0.444 e. The van der Waals surface area contributed by atoms with Crippen LogP contribution in [0.5, 0.6) is 0 Å². The third-order valence-electron chi connectivity index (χ3n) is 4.03. The van der Waals surface area contributed by atoms with Crippen LogP contribution in [0.3, 0.4) is 0 Å². The van der Waals surface area contributed by atoms with Crippen molar-refractivity contribution >= 4 is 35.5 Å². The Morgan fingerprint density at radius 3 is 2.11 bits per heavy atom. The molecule has 6 nitrogen and oxygen atoms in total. The van der Waals surface area contributed by atoms with Gasteiger partial charge >= 0.3 is 6.09 Å². The van der Waals surface area contributed by atoms with Crippen molar-refractivity contribution in [3.8, 4) is 0 Å². The SMILES string of the molecule is CC(=O)C(=Cc1ccccc1Cl)C(=O)N1CCN(C(=O)OC(C)(C)C)CC1. The number of halogens is 1. The summed E-state index contributed by atoms with van der Waals surface area (Å²) in [6, 6.07) is 7.03. The first-order valence-corrected chi connectivity index (χ1v) is 9.20. The van der Waals surface area contributed by atoms with Gasteiger partial charge in [0.05, 0.1) is 5.57 Å². The highest BCUT2D eigenvalue weighted by atomic mass is 35.5. The molecule has 1 aromatic rings. The van der Waals surface area contributed by atoms with Gasteiger partial charge in [0.2, 0.25) is 0 Å². The number of Topliss-reactive ketones (excluding diaryl/α,β-unsaturated/α-hetero) is 1. The Kier molecular flexibility index (Phi) is 6.65. The number of rotatable bonds is 3. The van der Waals surface area contributed by atoms with Gasteiger partial charge in [-0.25, -0.2) is 4.79 Å². The third kappa shape index (κ3) is 5.82. The van der Waals surface area contributed by atoms with E-state index in [0.29, 0.717) is 36.8 Å². The Labute approximate surface area is 164 Å². The molecule has 0 atom stereocenters. The Hall–Kier alpha value is -2.34. The molecule has 27 heavy (non-hydrogen) atoms. The van der Waals surface area contributed by atoms with E-state index < -0.39 is 11.7 Å². The Balaban J connectivity index is 2.08. The fourth-order valence-electron chi connectivity index (χ4n) is 2.65. The molecule has 1 heterocycles. The average molecular weight is 393 g/mol. The number of hydrogen-bond acceptors (Lipinski definition) is 4. The van der Waals surface area contributed by atoms with Crippen LogP contribution < -0.4 is 0 Å². The number of ketones is 1. The summed E-state index contributed by atoms with van der Waals surface area (Å²) in [5, 5.41) is 0.471. The number of amides is 2. The highest BCUT2D eigenvalue weighted by molar-refractivity contribution is 6.32. The minimum absolute atomic E-state index is 0.0776. The standard InChI is InChI=1S/C20H25ClN2O4/c1-14(24)16(13-15-7-5-6-8-17(15)21)18(25)22-9-11-23(12-10-22)19(26)27-20(2,3)4/h5-8,13H,9-12H2,1-4H3. The lowest BCUT2D eigenvalue weighted by Gasteiger charge is -2.35. The number of hydrogen-bond donors (Lipinski definition) is 0. The number of benzene rings is 1. The van der Waals surface area contributed by atoms with Gasteiger partial charge in [-0.1, -0.05) is 29.8 Å². The van der Waals surface area contributed by atoms with E-state index in [4.69, 9.17) is 16.3 Å². The summed E-state index contributed by atoms with van der Waals surface area (Å²) >= 11 is 6.13. The Morgan fingerprint density at radius 2 is 1.59 bits per heavy atom. The van der Waals surface area contributed by atoms with Crippen molar-refractivity contribution in [1.82, 2.24) is 9.80 Å². The molecular formula is C20H25ClN2O4. The van der Waals surface area contributed by atoms with E-state index in [0.717, 1.165) is 0 Å². The second-order valence-electron chi connectivity index (χ2n) is 7.40. The molecule has 1 aromatic carbocycles. The molecule has 1 aliphatic rings. The number of carbonyl (C=O) groups is 3. The van der Waals surface area contributed by atoms with Crippen LogP contribution in [0.25, 0.3) is 6.08 Å². The summed E-state index contributed by atoms with van der Waals surface area (Å²) in [7, 11) is 0. The predicted octanol–water partition coefficient (Wildman–Crippen LogP) is 3.39. The normalized spacial score (nSPS) is 15.5. The van der Waals surface area contributed by atoms with Crippen LogP contribution in [0.4, 0.5) is 4.79 Å². The minimum Gasteiger partial charge on any atom is -0.444 e. The van der Waals surface area contributed by atoms with Gasteiger partial charge < -0.3 is 14.5 Å². The lowest BCUT2D eigenvalue weighted by molar-refractivity contribution is -0.130. The van der Waals surface area contributed by atoms with Gasteiger partial charge in [0.25, 0.3) is 5.91 Å². The van der Waals surface area contributed by atoms with E-state index in [2.05, 4.69) is 0 Å². The van der Waals surface area contributed by atoms with Crippen molar-refractivity contribution in [3.63, 3.8) is 0 Å². The van der Waals surface area contributed by atoms with Crippen LogP contribution in [0.2, 0.25) is 5.02 Å². The predicted molar refractivity (Wildman–Crippen MR) is 104 cm³/mol. The van der Waals surface area contributed by atoms with Crippen molar-refractivity contribution in [2.24, 2.45) is 0 Å². The molecule has 0 aliphatic carbocycles. The molecule has 0 bridgehead atoms. The van der Waals surface area contributed by atoms with Gasteiger partial charge in [-0.15, -0.1) is 0 Å². The first-order valence-electron chi connectivity index (χ1n) is 8.83. The Bertz CT molecular complexity index is 759. The van der Waals surface area contributed by atoms with E-state index in [9.17, 15) is 14.4 Å². The summed E-state index contributed by atoms with van der Waals surface area (Å²) in [5.74, 6) is -0.680. The summed E-state index contributed by atoms with van der Waals surface area (Å²) in [6.45, 7) is 8.18. The van der Waals surface area contributed by atoms with Crippen molar-refractivity contribution in [2.45, 2.75) is 33.3 Å². The van der Waals surface area contributed by atoms with Crippen LogP contribution in [0.15, 0.2) is 29.8 Å². The number of carbonyl (C=O) groups excluding carboxylic acids is 3. The molecule has 7 heteroatoms. The molecule has 0 radical (unpaired) electrons. The zero-order chi connectivity index (χ0) is 20.2. The zero-order valence-electron chi connectivity index (χ0n) is 16.1. The van der Waals surface area contributed by atoms with Crippen molar-refractivity contribution in [3.05, 3.63) is 40.4 Å². The van der Waals surface area contributed by atoms with Crippen LogP contribution in [0.1, 0.15) is 33.3 Å². The van der Waals surface area contributed by atoms with Gasteiger partial charge in [-0.05, 0) is 45.4 Å². The zero-order valence-corrected chi connectivity index (χ0v) is 16.9. The summed E-state index contributed by atoms with van der Waals surface area (Å²) in [4.78, 5) is 40.1. The van der Waals surface area contributed by atoms with E-state index in [1.165, 1.54) is 13.0 Å². The van der Waals surface area contributed by atoms with Gasteiger partial charge in [0.15, 0.2) is 5.78 Å². The van der Waals surface area contributed by atoms with Crippen molar-refractivity contribution in [2.75, 3.05) is 26.2 Å². The molecule has 0 spiro atoms. The molecule has 0 N–H and O–H groups in total. The van der Waals surface area contributed by atoms with Gasteiger partial charge in [-0.2, -0.15) is 0 Å². The first-order chi connectivity index (χ1) is 12.6. The lowest BCUT2D eigenvalue weighted by Crippen LogP contribution is -2.52. The summed E-state index contributed by atoms with van der Waals surface area (Å²) < 4.78 is 5.35. The number of nitrogens with zero attached hydrogens (tertiary/aromatic N) is 2. The summed E-state index contributed by atoms with van der Waals surface area (Å²) in [6.07, 6.45) is 1.13. The average Bonchev–Trinajstić information content (AvgIpc) is 2.59. The third-order valence-corrected chi connectivity index (χ3v) is 4.38. The number of ether oxygens (including phenoxy) is 1. The van der Waals surface area contributed by atoms with E-state index >= 15 is 0 Å². The first kappa shape index (κ1) is 21.0. The van der Waals surface area contributed by atoms with Gasteiger partial charge in [0.1, 0.15) is 5.60 Å². The highest BCUT2D eigenvalue weighted by Crippen LogP contribution is 2.20. The van der Waals surface area contributed by atoms with Gasteiger partial charge in [0, 0.05) is 31.2 Å². The minimum atomic E-state index is -0.566. The van der Waals surface area contributed by atoms with Gasteiger partial charge in [-0.3, -0.25) is 9.59 Å².